The molecule has 0 N–H and O–H groups in total. The molecule has 0 saturated carbocycles. The van der Waals surface area contributed by atoms with Crippen LogP contribution in [0.4, 0.5) is 18.9 Å². The second kappa shape index (κ2) is 11.4. The zero-order chi connectivity index (χ0) is 26.7. The third-order valence-corrected chi connectivity index (χ3v) is 7.66. The maximum absolute atomic E-state index is 13.5. The van der Waals surface area contributed by atoms with E-state index in [0.717, 1.165) is 70.5 Å². The van der Waals surface area contributed by atoms with Crippen LogP contribution in [-0.4, -0.2) is 76.6 Å². The summed E-state index contributed by atoms with van der Waals surface area (Å²) in [4.78, 5) is 21.2. The van der Waals surface area contributed by atoms with Crippen molar-refractivity contribution in [3.05, 3.63) is 29.3 Å². The summed E-state index contributed by atoms with van der Waals surface area (Å²) in [6.07, 6.45) is -0.681. The van der Waals surface area contributed by atoms with Gasteiger partial charge >= 0.3 is 6.18 Å². The Balaban J connectivity index is 1.54. The number of unbranched alkanes of at least 4 members (excludes halogenated alkanes) is 3. The highest BCUT2D eigenvalue weighted by Gasteiger charge is 2.49. The number of carbonyl (C=O) groups excluding carboxylic acids is 1. The molecule has 2 heterocycles. The molecule has 2 fully saturated rings. The van der Waals surface area contributed by atoms with Gasteiger partial charge in [-0.3, -0.25) is 14.6 Å². The Morgan fingerprint density at radius 1 is 1.06 bits per heavy atom. The fraction of sp³-hybridized carbons (Fsp3) is 0.654. The van der Waals surface area contributed by atoms with Crippen molar-refractivity contribution in [3.8, 4) is 6.07 Å². The predicted octanol–water partition coefficient (Wildman–Crippen LogP) is 4.88. The number of carbonyl (C=O) groups is 1. The first-order valence-corrected chi connectivity index (χ1v) is 13.0. The lowest BCUT2D eigenvalue weighted by molar-refractivity contribution is -0.137. The molecule has 0 aliphatic carbocycles. The minimum atomic E-state index is -4.71. The SMILES string of the molecule is CC(C)N1CCN(CCCCCCN2C(=S)N(c3ccc(C#N)c(C(F)(F)F)c3)C(=O)C2(C)C)CC1. The van der Waals surface area contributed by atoms with Crippen molar-refractivity contribution in [2.45, 2.75) is 71.1 Å². The van der Waals surface area contributed by atoms with Gasteiger partial charge < -0.3 is 9.80 Å². The normalized spacial score (nSPS) is 19.4. The first-order chi connectivity index (χ1) is 16.9. The van der Waals surface area contributed by atoms with Gasteiger partial charge in [0.25, 0.3) is 5.91 Å². The molecule has 198 valence electrons. The molecule has 0 atom stereocenters. The molecule has 2 aliphatic rings. The zero-order valence-corrected chi connectivity index (χ0v) is 22.4. The van der Waals surface area contributed by atoms with Crippen molar-refractivity contribution >= 4 is 28.9 Å². The highest BCUT2D eigenvalue weighted by molar-refractivity contribution is 7.80. The van der Waals surface area contributed by atoms with E-state index in [1.54, 1.807) is 24.8 Å². The fourth-order valence-electron chi connectivity index (χ4n) is 4.90. The molecule has 36 heavy (non-hydrogen) atoms. The molecular formula is C26H36F3N5OS. The highest BCUT2D eigenvalue weighted by atomic mass is 32.1. The van der Waals surface area contributed by atoms with E-state index < -0.39 is 22.8 Å². The summed E-state index contributed by atoms with van der Waals surface area (Å²) in [5.41, 5.74) is -2.48. The molecule has 6 nitrogen and oxygen atoms in total. The number of hydrogen-bond donors (Lipinski definition) is 0. The molecule has 10 heteroatoms. The van der Waals surface area contributed by atoms with E-state index in [-0.39, 0.29) is 16.7 Å². The van der Waals surface area contributed by atoms with Crippen LogP contribution in [0.15, 0.2) is 18.2 Å². The highest BCUT2D eigenvalue weighted by Crippen LogP contribution is 2.38. The number of alkyl halides is 3. The summed E-state index contributed by atoms with van der Waals surface area (Å²) in [5.74, 6) is -0.370. The first kappa shape index (κ1) is 28.4. The molecular weight excluding hydrogens is 487 g/mol. The van der Waals surface area contributed by atoms with Crippen molar-refractivity contribution in [3.63, 3.8) is 0 Å². The van der Waals surface area contributed by atoms with Gasteiger partial charge in [0.1, 0.15) is 5.54 Å². The van der Waals surface area contributed by atoms with Crippen LogP contribution in [0.3, 0.4) is 0 Å². The van der Waals surface area contributed by atoms with Crippen LogP contribution < -0.4 is 4.90 Å². The van der Waals surface area contributed by atoms with Crippen molar-refractivity contribution in [1.29, 1.82) is 5.26 Å². The summed E-state index contributed by atoms with van der Waals surface area (Å²) < 4.78 is 40.4. The molecule has 0 aromatic heterocycles. The minimum absolute atomic E-state index is 0.0319. The average molecular weight is 524 g/mol. The molecule has 2 aliphatic heterocycles. The minimum Gasteiger partial charge on any atom is -0.334 e. The largest absolute Gasteiger partial charge is 0.417 e. The second-order valence-corrected chi connectivity index (χ2v) is 10.7. The van der Waals surface area contributed by atoms with E-state index in [4.69, 9.17) is 17.5 Å². The van der Waals surface area contributed by atoms with Crippen LogP contribution >= 0.6 is 12.2 Å². The number of piperazine rings is 1. The van der Waals surface area contributed by atoms with E-state index in [1.807, 2.05) is 0 Å². The van der Waals surface area contributed by atoms with Gasteiger partial charge in [0.05, 0.1) is 22.9 Å². The first-order valence-electron chi connectivity index (χ1n) is 12.6. The van der Waals surface area contributed by atoms with Crippen LogP contribution in [0.25, 0.3) is 0 Å². The molecule has 1 amide bonds. The van der Waals surface area contributed by atoms with Crippen LogP contribution in [0, 0.1) is 11.3 Å². The summed E-state index contributed by atoms with van der Waals surface area (Å²) in [5, 5.41) is 9.26. The molecule has 1 aromatic carbocycles. The number of nitrogens with zero attached hydrogens (tertiary/aromatic N) is 5. The molecule has 3 rings (SSSR count). The van der Waals surface area contributed by atoms with Gasteiger partial charge in [-0.15, -0.1) is 0 Å². The van der Waals surface area contributed by atoms with Crippen molar-refractivity contribution in [1.82, 2.24) is 14.7 Å². The number of halogens is 3. The third kappa shape index (κ3) is 6.18. The quantitative estimate of drug-likeness (QED) is 0.340. The molecule has 2 saturated heterocycles. The smallest absolute Gasteiger partial charge is 0.334 e. The number of amides is 1. The third-order valence-electron chi connectivity index (χ3n) is 7.25. The number of anilines is 1. The Morgan fingerprint density at radius 3 is 2.22 bits per heavy atom. The summed E-state index contributed by atoms with van der Waals surface area (Å²) in [6, 6.07) is 5.44. The van der Waals surface area contributed by atoms with Crippen molar-refractivity contribution in [2.75, 3.05) is 44.2 Å². The lowest BCUT2D eigenvalue weighted by atomic mass is 10.0. The van der Waals surface area contributed by atoms with Gasteiger partial charge in [0.15, 0.2) is 5.11 Å². The number of rotatable bonds is 9. The lowest BCUT2D eigenvalue weighted by Gasteiger charge is -2.36. The number of nitriles is 1. The fourth-order valence-corrected chi connectivity index (χ4v) is 5.41. The zero-order valence-electron chi connectivity index (χ0n) is 21.6. The Hall–Kier alpha value is -2.22. The van der Waals surface area contributed by atoms with E-state index in [2.05, 4.69) is 23.6 Å². The van der Waals surface area contributed by atoms with Crippen LogP contribution in [0.1, 0.15) is 64.5 Å². The monoisotopic (exact) mass is 523 g/mol. The van der Waals surface area contributed by atoms with Gasteiger partial charge in [0, 0.05) is 38.8 Å². The maximum Gasteiger partial charge on any atom is 0.417 e. The molecule has 0 radical (unpaired) electrons. The molecule has 1 aromatic rings. The van der Waals surface area contributed by atoms with Crippen molar-refractivity contribution < 1.29 is 18.0 Å². The Labute approximate surface area is 217 Å². The second-order valence-electron chi connectivity index (χ2n) is 10.4. The van der Waals surface area contributed by atoms with E-state index in [0.29, 0.717) is 12.6 Å². The molecule has 0 unspecified atom stereocenters. The standard InChI is InChI=1S/C26H36F3N5OS/c1-19(2)32-15-13-31(14-16-32)11-7-5-6-8-12-33-24(36)34(23(35)25(33,3)4)21-10-9-20(18-30)22(17-21)26(27,28)29/h9-10,17,19H,5-8,11-16H2,1-4H3. The van der Waals surface area contributed by atoms with E-state index in [9.17, 15) is 18.0 Å². The van der Waals surface area contributed by atoms with Gasteiger partial charge in [-0.2, -0.15) is 18.4 Å². The van der Waals surface area contributed by atoms with Gasteiger partial charge in [-0.05, 0) is 77.5 Å². The predicted molar refractivity (Wildman–Crippen MR) is 139 cm³/mol. The molecule has 0 bridgehead atoms. The number of hydrogen-bond acceptors (Lipinski definition) is 5. The summed E-state index contributed by atoms with van der Waals surface area (Å²) in [7, 11) is 0. The van der Waals surface area contributed by atoms with Crippen LogP contribution in [0.2, 0.25) is 0 Å². The van der Waals surface area contributed by atoms with Gasteiger partial charge in [-0.1, -0.05) is 12.8 Å². The Bertz CT molecular complexity index is 996. The van der Waals surface area contributed by atoms with Crippen LogP contribution in [0.5, 0.6) is 0 Å². The maximum atomic E-state index is 13.5. The van der Waals surface area contributed by atoms with Crippen molar-refractivity contribution in [2.24, 2.45) is 0 Å². The number of benzene rings is 1. The van der Waals surface area contributed by atoms with Crippen LogP contribution in [-0.2, 0) is 11.0 Å². The Kier molecular flexibility index (Phi) is 9.02. The van der Waals surface area contributed by atoms with Gasteiger partial charge in [-0.25, -0.2) is 0 Å². The topological polar surface area (TPSA) is 53.8 Å². The molecule has 0 spiro atoms. The number of thiocarbonyl (C=S) groups is 1. The summed E-state index contributed by atoms with van der Waals surface area (Å²) in [6.45, 7) is 14.1. The summed E-state index contributed by atoms with van der Waals surface area (Å²) >= 11 is 5.56. The van der Waals surface area contributed by atoms with E-state index in [1.165, 1.54) is 11.0 Å². The Morgan fingerprint density at radius 2 is 1.67 bits per heavy atom. The lowest BCUT2D eigenvalue weighted by Crippen LogP contribution is -2.48. The van der Waals surface area contributed by atoms with E-state index >= 15 is 0 Å². The average Bonchev–Trinajstić information content (AvgIpc) is 2.99. The van der Waals surface area contributed by atoms with Gasteiger partial charge in [0.2, 0.25) is 0 Å².